The molecular weight excluding hydrogens is 412 g/mol. The normalized spacial score (nSPS) is 42.8. The summed E-state index contributed by atoms with van der Waals surface area (Å²) in [6.45, 7) is 6.20. The molecule has 5 heterocycles. The largest absolute Gasteiger partial charge is 0.431 e. The number of hydrogen-bond acceptors (Lipinski definition) is 8. The first-order valence-electron chi connectivity index (χ1n) is 11.5. The van der Waals surface area contributed by atoms with E-state index in [1.165, 1.54) is 6.20 Å². The minimum atomic E-state index is -0.865. The van der Waals surface area contributed by atoms with Crippen molar-refractivity contribution < 1.29 is 28.8 Å². The number of benzene rings is 1. The number of fused-ring (bicyclic) bond motifs is 3. The lowest BCUT2D eigenvalue weighted by molar-refractivity contribution is -0.576. The fraction of sp³-hybridized carbons (Fsp3) is 0.625. The van der Waals surface area contributed by atoms with E-state index in [4.69, 9.17) is 24.0 Å². The third kappa shape index (κ3) is 2.93. The summed E-state index contributed by atoms with van der Waals surface area (Å²) in [5.74, 6) is -0.681. The van der Waals surface area contributed by atoms with Crippen LogP contribution in [0.1, 0.15) is 56.9 Å². The van der Waals surface area contributed by atoms with Gasteiger partial charge in [-0.1, -0.05) is 26.0 Å². The lowest BCUT2D eigenvalue weighted by atomic mass is 9.58. The Morgan fingerprint density at radius 2 is 1.91 bits per heavy atom. The quantitative estimate of drug-likeness (QED) is 0.512. The lowest BCUT2D eigenvalue weighted by Crippen LogP contribution is -2.70. The lowest BCUT2D eigenvalue weighted by Gasteiger charge is -2.59. The molecule has 8 heteroatoms. The molecule has 8 atom stereocenters. The highest BCUT2D eigenvalue weighted by atomic mass is 17.3. The van der Waals surface area contributed by atoms with Crippen LogP contribution >= 0.6 is 0 Å². The third-order valence-corrected chi connectivity index (χ3v) is 7.98. The van der Waals surface area contributed by atoms with Gasteiger partial charge >= 0.3 is 5.97 Å². The summed E-state index contributed by atoms with van der Waals surface area (Å²) in [6.07, 6.45) is 3.74. The van der Waals surface area contributed by atoms with Crippen molar-refractivity contribution in [1.29, 1.82) is 0 Å². The van der Waals surface area contributed by atoms with Gasteiger partial charge in [0.15, 0.2) is 17.6 Å². The van der Waals surface area contributed by atoms with Crippen LogP contribution in [-0.2, 0) is 24.0 Å². The molecule has 1 spiro atoms. The van der Waals surface area contributed by atoms with E-state index >= 15 is 0 Å². The number of carbonyl (C=O) groups excluding carboxylic acids is 1. The van der Waals surface area contributed by atoms with Crippen molar-refractivity contribution >= 4 is 17.0 Å². The average Bonchev–Trinajstić information content (AvgIpc) is 3.03. The summed E-state index contributed by atoms with van der Waals surface area (Å²) in [5.41, 5.74) is 0.845. The summed E-state index contributed by atoms with van der Waals surface area (Å²) in [4.78, 5) is 33.7. The molecule has 0 radical (unpaired) electrons. The van der Waals surface area contributed by atoms with Gasteiger partial charge < -0.3 is 14.2 Å². The molecule has 0 N–H and O–H groups in total. The second-order valence-corrected chi connectivity index (χ2v) is 9.92. The summed E-state index contributed by atoms with van der Waals surface area (Å²) < 4.78 is 18.5. The van der Waals surface area contributed by atoms with Crippen molar-refractivity contribution in [3.05, 3.63) is 36.2 Å². The third-order valence-electron chi connectivity index (χ3n) is 7.98. The van der Waals surface area contributed by atoms with Crippen molar-refractivity contribution in [3.8, 4) is 0 Å². The maximum atomic E-state index is 13.0. The second-order valence-electron chi connectivity index (χ2n) is 9.92. The molecule has 32 heavy (non-hydrogen) atoms. The molecule has 170 valence electrons. The second kappa shape index (κ2) is 7.18. The highest BCUT2D eigenvalue weighted by Gasteiger charge is 2.69. The molecular formula is C24H28N2O6. The Bertz CT molecular complexity index is 1060. The van der Waals surface area contributed by atoms with Gasteiger partial charge in [-0.2, -0.15) is 0 Å². The summed E-state index contributed by atoms with van der Waals surface area (Å²) >= 11 is 0. The first-order valence-corrected chi connectivity index (χ1v) is 11.5. The van der Waals surface area contributed by atoms with Gasteiger partial charge in [0.2, 0.25) is 12.1 Å². The van der Waals surface area contributed by atoms with E-state index in [2.05, 4.69) is 23.8 Å². The molecule has 1 saturated carbocycles. The molecule has 2 bridgehead atoms. The molecule has 1 aliphatic carbocycles. The van der Waals surface area contributed by atoms with Gasteiger partial charge in [-0.15, -0.1) is 0 Å². The van der Waals surface area contributed by atoms with Gasteiger partial charge in [-0.05, 0) is 50.2 Å². The molecule has 0 amide bonds. The molecule has 7 rings (SSSR count). The van der Waals surface area contributed by atoms with Crippen molar-refractivity contribution in [2.45, 2.75) is 70.4 Å². The molecule has 1 aromatic heterocycles. The SMILES string of the molecule is C[C@H]1[C@@H](OC(=O)c2cnc3ccccc3n2)O[C@@H]2O[C@]3(C)CC[C@H]4[C@H](C)CC[C@@H]1[C@@]24OO3. The van der Waals surface area contributed by atoms with Gasteiger partial charge in [0, 0.05) is 18.3 Å². The van der Waals surface area contributed by atoms with Gasteiger partial charge in [0.1, 0.15) is 0 Å². The summed E-state index contributed by atoms with van der Waals surface area (Å²) in [5, 5.41) is 0. The number of para-hydroxylation sites is 2. The van der Waals surface area contributed by atoms with Gasteiger partial charge in [-0.3, -0.25) is 4.98 Å². The summed E-state index contributed by atoms with van der Waals surface area (Å²) in [7, 11) is 0. The van der Waals surface area contributed by atoms with E-state index in [0.29, 0.717) is 11.4 Å². The number of ether oxygens (including phenoxy) is 3. The molecule has 4 saturated heterocycles. The number of carbonyl (C=O) groups is 1. The predicted molar refractivity (Wildman–Crippen MR) is 112 cm³/mol. The van der Waals surface area contributed by atoms with Crippen LogP contribution in [0.2, 0.25) is 0 Å². The Balaban J connectivity index is 1.29. The average molecular weight is 440 g/mol. The van der Waals surface area contributed by atoms with Crippen molar-refractivity contribution in [2.24, 2.45) is 23.7 Å². The summed E-state index contributed by atoms with van der Waals surface area (Å²) in [6, 6.07) is 7.41. The van der Waals surface area contributed by atoms with Crippen LogP contribution in [0.4, 0.5) is 0 Å². The van der Waals surface area contributed by atoms with Crippen LogP contribution in [-0.4, -0.2) is 39.9 Å². The van der Waals surface area contributed by atoms with E-state index in [9.17, 15) is 4.79 Å². The van der Waals surface area contributed by atoms with Crippen LogP contribution in [0.15, 0.2) is 30.5 Å². The van der Waals surface area contributed by atoms with Crippen LogP contribution in [0.25, 0.3) is 11.0 Å². The number of aromatic nitrogens is 2. The number of rotatable bonds is 2. The fourth-order valence-corrected chi connectivity index (χ4v) is 6.23. The Hall–Kier alpha value is -2.13. The van der Waals surface area contributed by atoms with Gasteiger partial charge in [0.25, 0.3) is 0 Å². The monoisotopic (exact) mass is 440 g/mol. The highest BCUT2D eigenvalue weighted by molar-refractivity contribution is 5.89. The highest BCUT2D eigenvalue weighted by Crippen LogP contribution is 2.60. The zero-order valence-corrected chi connectivity index (χ0v) is 18.5. The first kappa shape index (κ1) is 20.5. The molecule has 2 aromatic rings. The van der Waals surface area contributed by atoms with Gasteiger partial charge in [-0.25, -0.2) is 19.6 Å². The molecule has 0 unspecified atom stereocenters. The number of nitrogens with zero attached hydrogens (tertiary/aromatic N) is 2. The molecule has 1 aromatic carbocycles. The molecule has 4 aliphatic heterocycles. The van der Waals surface area contributed by atoms with Crippen LogP contribution in [0.5, 0.6) is 0 Å². The topological polar surface area (TPSA) is 89.0 Å². The van der Waals surface area contributed by atoms with E-state index < -0.39 is 29.9 Å². The van der Waals surface area contributed by atoms with Crippen LogP contribution in [0.3, 0.4) is 0 Å². The minimum Gasteiger partial charge on any atom is -0.431 e. The van der Waals surface area contributed by atoms with E-state index in [-0.39, 0.29) is 23.4 Å². The maximum Gasteiger partial charge on any atom is 0.360 e. The standard InChI is InChI=1S/C24H28N2O6/c1-13-8-9-16-14(2)21(28-20(27)19-12-25-17-6-4-5-7-18(17)26-19)29-22-24(16)15(13)10-11-23(3,30-22)31-32-24/h4-7,12-16,21-22H,8-11H2,1-3H3/t13-,14-,15+,16+,21+,22-,23+,24-/m1/s1. The van der Waals surface area contributed by atoms with E-state index in [1.54, 1.807) is 0 Å². The zero-order valence-electron chi connectivity index (χ0n) is 18.5. The minimum absolute atomic E-state index is 0.0885. The van der Waals surface area contributed by atoms with Gasteiger partial charge in [0.05, 0.1) is 17.2 Å². The number of esters is 1. The Morgan fingerprint density at radius 1 is 1.09 bits per heavy atom. The smallest absolute Gasteiger partial charge is 0.360 e. The molecule has 8 nitrogen and oxygen atoms in total. The predicted octanol–water partition coefficient (Wildman–Crippen LogP) is 3.99. The van der Waals surface area contributed by atoms with E-state index in [0.717, 1.165) is 31.2 Å². The van der Waals surface area contributed by atoms with Crippen LogP contribution < -0.4 is 0 Å². The number of hydrogen-bond donors (Lipinski definition) is 0. The van der Waals surface area contributed by atoms with Crippen molar-refractivity contribution in [2.75, 3.05) is 0 Å². The molecule has 5 fully saturated rings. The van der Waals surface area contributed by atoms with Crippen molar-refractivity contribution in [3.63, 3.8) is 0 Å². The van der Waals surface area contributed by atoms with Crippen LogP contribution in [0, 0.1) is 23.7 Å². The Morgan fingerprint density at radius 3 is 2.75 bits per heavy atom. The first-order chi connectivity index (χ1) is 15.4. The Kier molecular flexibility index (Phi) is 4.60. The zero-order chi connectivity index (χ0) is 22.1. The molecule has 5 aliphatic rings. The maximum absolute atomic E-state index is 13.0. The van der Waals surface area contributed by atoms with Crippen molar-refractivity contribution in [1.82, 2.24) is 9.97 Å². The Labute approximate surface area is 186 Å². The fourth-order valence-electron chi connectivity index (χ4n) is 6.23. The van der Waals surface area contributed by atoms with E-state index in [1.807, 2.05) is 31.2 Å².